The molecule has 0 atom stereocenters. The van der Waals surface area contributed by atoms with Crippen molar-refractivity contribution in [3.8, 4) is 0 Å². The Bertz CT molecular complexity index is 746. The largest absolute Gasteiger partial charge is 0.350 e. The van der Waals surface area contributed by atoms with Crippen LogP contribution in [0, 0.1) is 0 Å². The van der Waals surface area contributed by atoms with Crippen molar-refractivity contribution in [3.05, 3.63) is 76.9 Å². The van der Waals surface area contributed by atoms with Gasteiger partial charge in [0.25, 0.3) is 0 Å². The van der Waals surface area contributed by atoms with Crippen molar-refractivity contribution in [2.45, 2.75) is 6.54 Å². The maximum atomic E-state index is 4.46. The van der Waals surface area contributed by atoms with Crippen LogP contribution >= 0.6 is 15.9 Å². The minimum atomic E-state index is 0.601. The van der Waals surface area contributed by atoms with Crippen molar-refractivity contribution >= 4 is 33.4 Å². The van der Waals surface area contributed by atoms with Gasteiger partial charge < -0.3 is 10.6 Å². The van der Waals surface area contributed by atoms with Gasteiger partial charge in [0.1, 0.15) is 5.82 Å². The van der Waals surface area contributed by atoms with Crippen LogP contribution in [0.15, 0.2) is 71.3 Å². The summed E-state index contributed by atoms with van der Waals surface area (Å²) in [6, 6.07) is 20.0. The topological polar surface area (TPSA) is 49.8 Å². The maximum Gasteiger partial charge on any atom is 0.224 e. The molecule has 0 unspecified atom stereocenters. The Balaban J connectivity index is 1.67. The molecule has 2 aromatic carbocycles. The highest BCUT2D eigenvalue weighted by Gasteiger charge is 2.00. The van der Waals surface area contributed by atoms with Crippen LogP contribution in [0.4, 0.5) is 17.5 Å². The van der Waals surface area contributed by atoms with Crippen molar-refractivity contribution in [1.82, 2.24) is 9.97 Å². The molecule has 5 heteroatoms. The number of anilines is 3. The normalized spacial score (nSPS) is 10.2. The Labute approximate surface area is 137 Å². The summed E-state index contributed by atoms with van der Waals surface area (Å²) >= 11 is 3.46. The molecule has 110 valence electrons. The molecule has 0 aliphatic heterocycles. The molecule has 0 saturated carbocycles. The van der Waals surface area contributed by atoms with Gasteiger partial charge in [-0.25, -0.2) is 4.98 Å². The van der Waals surface area contributed by atoms with Crippen LogP contribution in [0.2, 0.25) is 0 Å². The van der Waals surface area contributed by atoms with E-state index in [1.165, 1.54) is 5.56 Å². The van der Waals surface area contributed by atoms with Gasteiger partial charge in [-0.15, -0.1) is 0 Å². The molecule has 0 bridgehead atoms. The molecule has 2 N–H and O–H groups in total. The van der Waals surface area contributed by atoms with E-state index in [2.05, 4.69) is 48.7 Å². The minimum absolute atomic E-state index is 0.601. The fourth-order valence-corrected chi connectivity index (χ4v) is 2.40. The van der Waals surface area contributed by atoms with Crippen molar-refractivity contribution < 1.29 is 0 Å². The lowest BCUT2D eigenvalue weighted by Crippen LogP contribution is -2.04. The first-order chi connectivity index (χ1) is 10.8. The van der Waals surface area contributed by atoms with Gasteiger partial charge in [-0.2, -0.15) is 4.98 Å². The van der Waals surface area contributed by atoms with Crippen LogP contribution < -0.4 is 10.6 Å². The highest BCUT2D eigenvalue weighted by atomic mass is 79.9. The molecule has 22 heavy (non-hydrogen) atoms. The number of hydrogen-bond acceptors (Lipinski definition) is 4. The van der Waals surface area contributed by atoms with Gasteiger partial charge in [0.2, 0.25) is 5.95 Å². The van der Waals surface area contributed by atoms with E-state index in [9.17, 15) is 0 Å². The third-order valence-corrected chi connectivity index (χ3v) is 3.54. The molecule has 0 amide bonds. The molecule has 0 aliphatic carbocycles. The van der Waals surface area contributed by atoms with E-state index in [0.29, 0.717) is 12.5 Å². The predicted octanol–water partition coefficient (Wildman–Crippen LogP) is 4.59. The van der Waals surface area contributed by atoms with Gasteiger partial charge in [0.15, 0.2) is 0 Å². The minimum Gasteiger partial charge on any atom is -0.350 e. The highest BCUT2D eigenvalue weighted by Crippen LogP contribution is 2.19. The molecular weight excluding hydrogens is 340 g/mol. The second-order valence-electron chi connectivity index (χ2n) is 4.74. The van der Waals surface area contributed by atoms with Crippen molar-refractivity contribution in [3.63, 3.8) is 0 Å². The zero-order valence-corrected chi connectivity index (χ0v) is 13.4. The number of halogens is 1. The molecule has 1 heterocycles. The van der Waals surface area contributed by atoms with Crippen LogP contribution in [-0.2, 0) is 6.54 Å². The van der Waals surface area contributed by atoms with Gasteiger partial charge >= 0.3 is 0 Å². The van der Waals surface area contributed by atoms with E-state index in [0.717, 1.165) is 16.0 Å². The molecule has 4 nitrogen and oxygen atoms in total. The first kappa shape index (κ1) is 14.5. The van der Waals surface area contributed by atoms with Crippen LogP contribution in [-0.4, -0.2) is 9.97 Å². The molecule has 0 aliphatic rings. The van der Waals surface area contributed by atoms with E-state index < -0.39 is 0 Å². The summed E-state index contributed by atoms with van der Waals surface area (Å²) in [6.07, 6.45) is 1.74. The standard InChI is InChI=1S/C17H15BrN4/c18-14-7-4-8-15(11-14)21-16-9-10-19-17(22-16)20-12-13-5-2-1-3-6-13/h1-11H,12H2,(H2,19,20,21,22). The Hall–Kier alpha value is -2.40. The summed E-state index contributed by atoms with van der Waals surface area (Å²) in [5.74, 6) is 1.35. The van der Waals surface area contributed by atoms with E-state index >= 15 is 0 Å². The summed E-state index contributed by atoms with van der Waals surface area (Å²) in [6.45, 7) is 0.696. The van der Waals surface area contributed by atoms with Gasteiger partial charge in [-0.1, -0.05) is 52.3 Å². The molecule has 3 aromatic rings. The molecule has 0 radical (unpaired) electrons. The van der Waals surface area contributed by atoms with Crippen LogP contribution in [0.1, 0.15) is 5.56 Å². The lowest BCUT2D eigenvalue weighted by Gasteiger charge is -2.08. The predicted molar refractivity (Wildman–Crippen MR) is 93.2 cm³/mol. The summed E-state index contributed by atoms with van der Waals surface area (Å²) in [5, 5.41) is 6.49. The van der Waals surface area contributed by atoms with Crippen LogP contribution in [0.25, 0.3) is 0 Å². The van der Waals surface area contributed by atoms with E-state index in [4.69, 9.17) is 0 Å². The molecule has 0 spiro atoms. The average molecular weight is 355 g/mol. The summed E-state index contributed by atoms with van der Waals surface area (Å²) in [7, 11) is 0. The second-order valence-corrected chi connectivity index (χ2v) is 5.66. The Kier molecular flexibility index (Phi) is 4.65. The molecule has 3 rings (SSSR count). The second kappa shape index (κ2) is 7.04. The van der Waals surface area contributed by atoms with Crippen molar-refractivity contribution in [2.75, 3.05) is 10.6 Å². The zero-order valence-electron chi connectivity index (χ0n) is 11.8. The SMILES string of the molecule is Brc1cccc(Nc2ccnc(NCc3ccccc3)n2)c1. The van der Waals surface area contributed by atoms with E-state index in [1.54, 1.807) is 6.20 Å². The van der Waals surface area contributed by atoms with Gasteiger partial charge in [0.05, 0.1) is 0 Å². The lowest BCUT2D eigenvalue weighted by atomic mass is 10.2. The molecule has 1 aromatic heterocycles. The van der Waals surface area contributed by atoms with Gasteiger partial charge in [-0.3, -0.25) is 0 Å². The number of hydrogen-bond donors (Lipinski definition) is 2. The number of aromatic nitrogens is 2. The van der Waals surface area contributed by atoms with Gasteiger partial charge in [-0.05, 0) is 29.8 Å². The maximum absolute atomic E-state index is 4.46. The third-order valence-electron chi connectivity index (χ3n) is 3.05. The Morgan fingerprint density at radius 3 is 2.64 bits per heavy atom. The highest BCUT2D eigenvalue weighted by molar-refractivity contribution is 9.10. The smallest absolute Gasteiger partial charge is 0.224 e. The number of nitrogens with zero attached hydrogens (tertiary/aromatic N) is 2. The summed E-state index contributed by atoms with van der Waals surface area (Å²) in [4.78, 5) is 8.71. The zero-order chi connectivity index (χ0) is 15.2. The first-order valence-electron chi connectivity index (χ1n) is 6.93. The number of rotatable bonds is 5. The molecule has 0 fully saturated rings. The fourth-order valence-electron chi connectivity index (χ4n) is 2.00. The lowest BCUT2D eigenvalue weighted by molar-refractivity contribution is 1.06. The number of nitrogens with one attached hydrogen (secondary N) is 2. The molecular formula is C17H15BrN4. The molecule has 0 saturated heterocycles. The summed E-state index contributed by atoms with van der Waals surface area (Å²) < 4.78 is 1.02. The summed E-state index contributed by atoms with van der Waals surface area (Å²) in [5.41, 5.74) is 2.17. The Morgan fingerprint density at radius 2 is 1.82 bits per heavy atom. The Morgan fingerprint density at radius 1 is 0.955 bits per heavy atom. The van der Waals surface area contributed by atoms with Crippen LogP contribution in [0.5, 0.6) is 0 Å². The third kappa shape index (κ3) is 4.05. The van der Waals surface area contributed by atoms with Crippen LogP contribution in [0.3, 0.4) is 0 Å². The average Bonchev–Trinajstić information content (AvgIpc) is 2.54. The van der Waals surface area contributed by atoms with E-state index in [-0.39, 0.29) is 0 Å². The van der Waals surface area contributed by atoms with E-state index in [1.807, 2.05) is 48.5 Å². The first-order valence-corrected chi connectivity index (χ1v) is 7.72. The quantitative estimate of drug-likeness (QED) is 0.703. The monoisotopic (exact) mass is 354 g/mol. The number of benzene rings is 2. The fraction of sp³-hybridized carbons (Fsp3) is 0.0588. The van der Waals surface area contributed by atoms with Crippen molar-refractivity contribution in [1.29, 1.82) is 0 Å². The van der Waals surface area contributed by atoms with Crippen molar-refractivity contribution in [2.24, 2.45) is 0 Å². The van der Waals surface area contributed by atoms with Gasteiger partial charge in [0, 0.05) is 22.9 Å².